The average Bonchev–Trinajstić information content (AvgIpc) is 2.19. The van der Waals surface area contributed by atoms with Crippen molar-refractivity contribution in [2.75, 3.05) is 12.4 Å². The molecule has 0 bridgehead atoms. The maximum atomic E-state index is 4.57. The topological polar surface area (TPSA) is 37.8 Å². The lowest BCUT2D eigenvalue weighted by Gasteiger charge is -2.16. The van der Waals surface area contributed by atoms with Gasteiger partial charge in [-0.15, -0.1) is 0 Å². The van der Waals surface area contributed by atoms with Gasteiger partial charge in [0.2, 0.25) is 0 Å². The molecule has 1 aliphatic rings. The van der Waals surface area contributed by atoms with Gasteiger partial charge in [0.15, 0.2) is 0 Å². The predicted octanol–water partition coefficient (Wildman–Crippen LogP) is 2.49. The second kappa shape index (κ2) is 4.60. The number of aromatic nitrogens is 2. The van der Waals surface area contributed by atoms with Crippen LogP contribution >= 0.6 is 0 Å². The minimum atomic E-state index is 0.888. The third kappa shape index (κ3) is 2.28. The van der Waals surface area contributed by atoms with Gasteiger partial charge in [0, 0.05) is 18.3 Å². The standard InChI is InChI=1S/C12H19N3/c1-9-14-11-8-6-4-3-5-7-10(11)12(13-2)15-9/h3-8H2,1-2H3,(H,13,14,15). The van der Waals surface area contributed by atoms with E-state index in [9.17, 15) is 0 Å². The molecular formula is C12H19N3. The third-order valence-electron chi connectivity index (χ3n) is 3.03. The maximum absolute atomic E-state index is 4.57. The Kier molecular flexibility index (Phi) is 3.19. The van der Waals surface area contributed by atoms with Crippen molar-refractivity contribution in [3.63, 3.8) is 0 Å². The summed E-state index contributed by atoms with van der Waals surface area (Å²) in [4.78, 5) is 9.03. The van der Waals surface area contributed by atoms with Gasteiger partial charge in [-0.25, -0.2) is 9.97 Å². The molecule has 1 heterocycles. The zero-order chi connectivity index (χ0) is 10.7. The van der Waals surface area contributed by atoms with E-state index in [0.717, 1.165) is 24.5 Å². The monoisotopic (exact) mass is 205 g/mol. The second-order valence-corrected chi connectivity index (χ2v) is 4.21. The van der Waals surface area contributed by atoms with Crippen LogP contribution in [-0.2, 0) is 12.8 Å². The van der Waals surface area contributed by atoms with Gasteiger partial charge in [0.1, 0.15) is 11.6 Å². The van der Waals surface area contributed by atoms with Crippen molar-refractivity contribution in [1.29, 1.82) is 0 Å². The molecule has 0 unspecified atom stereocenters. The molecule has 0 aromatic carbocycles. The molecule has 1 aromatic rings. The zero-order valence-corrected chi connectivity index (χ0v) is 9.64. The van der Waals surface area contributed by atoms with Crippen molar-refractivity contribution in [2.45, 2.75) is 45.4 Å². The predicted molar refractivity (Wildman–Crippen MR) is 62.2 cm³/mol. The quantitative estimate of drug-likeness (QED) is 0.765. The molecule has 82 valence electrons. The smallest absolute Gasteiger partial charge is 0.132 e. The molecule has 0 aliphatic heterocycles. The van der Waals surface area contributed by atoms with E-state index in [0.29, 0.717) is 0 Å². The van der Waals surface area contributed by atoms with Gasteiger partial charge in [0.25, 0.3) is 0 Å². The largest absolute Gasteiger partial charge is 0.373 e. The third-order valence-corrected chi connectivity index (χ3v) is 3.03. The molecule has 0 saturated carbocycles. The van der Waals surface area contributed by atoms with Crippen molar-refractivity contribution >= 4 is 5.82 Å². The Morgan fingerprint density at radius 3 is 2.47 bits per heavy atom. The summed E-state index contributed by atoms with van der Waals surface area (Å²) in [5.74, 6) is 1.93. The molecule has 3 nitrogen and oxygen atoms in total. The fraction of sp³-hybridized carbons (Fsp3) is 0.667. The first-order valence-corrected chi connectivity index (χ1v) is 5.85. The summed E-state index contributed by atoms with van der Waals surface area (Å²) in [7, 11) is 1.95. The first kappa shape index (κ1) is 10.4. The van der Waals surface area contributed by atoms with E-state index in [1.165, 1.54) is 36.9 Å². The number of hydrogen-bond acceptors (Lipinski definition) is 3. The maximum Gasteiger partial charge on any atom is 0.132 e. The van der Waals surface area contributed by atoms with Crippen LogP contribution < -0.4 is 5.32 Å². The number of nitrogens with one attached hydrogen (secondary N) is 1. The lowest BCUT2D eigenvalue weighted by Crippen LogP contribution is -2.10. The molecular weight excluding hydrogens is 186 g/mol. The van der Waals surface area contributed by atoms with Gasteiger partial charge in [-0.3, -0.25) is 0 Å². The number of aryl methyl sites for hydroxylation is 2. The number of hydrogen-bond donors (Lipinski definition) is 1. The Morgan fingerprint density at radius 2 is 1.73 bits per heavy atom. The van der Waals surface area contributed by atoms with E-state index in [1.807, 2.05) is 14.0 Å². The molecule has 1 N–H and O–H groups in total. The summed E-state index contributed by atoms with van der Waals surface area (Å²) in [5, 5.41) is 3.19. The summed E-state index contributed by atoms with van der Waals surface area (Å²) in [6.07, 6.45) is 7.48. The van der Waals surface area contributed by atoms with Gasteiger partial charge >= 0.3 is 0 Å². The number of anilines is 1. The highest BCUT2D eigenvalue weighted by molar-refractivity contribution is 5.46. The molecule has 15 heavy (non-hydrogen) atoms. The molecule has 1 aliphatic carbocycles. The minimum absolute atomic E-state index is 0.888. The van der Waals surface area contributed by atoms with Crippen molar-refractivity contribution in [1.82, 2.24) is 9.97 Å². The Hall–Kier alpha value is -1.12. The van der Waals surface area contributed by atoms with Gasteiger partial charge in [-0.2, -0.15) is 0 Å². The molecule has 0 radical (unpaired) electrons. The molecule has 0 saturated heterocycles. The van der Waals surface area contributed by atoms with Crippen molar-refractivity contribution in [2.24, 2.45) is 0 Å². The van der Waals surface area contributed by atoms with Crippen LogP contribution in [0.15, 0.2) is 0 Å². The first-order chi connectivity index (χ1) is 7.31. The zero-order valence-electron chi connectivity index (χ0n) is 9.64. The van der Waals surface area contributed by atoms with E-state index >= 15 is 0 Å². The number of nitrogens with zero attached hydrogens (tertiary/aromatic N) is 2. The molecule has 0 atom stereocenters. The highest BCUT2D eigenvalue weighted by Crippen LogP contribution is 2.23. The normalized spacial score (nSPS) is 16.4. The Labute approximate surface area is 91.3 Å². The van der Waals surface area contributed by atoms with E-state index in [4.69, 9.17) is 0 Å². The Morgan fingerprint density at radius 1 is 1.00 bits per heavy atom. The second-order valence-electron chi connectivity index (χ2n) is 4.21. The fourth-order valence-corrected chi connectivity index (χ4v) is 2.28. The van der Waals surface area contributed by atoms with Gasteiger partial charge < -0.3 is 5.32 Å². The van der Waals surface area contributed by atoms with E-state index in [1.54, 1.807) is 0 Å². The van der Waals surface area contributed by atoms with Crippen LogP contribution in [0.1, 0.15) is 42.8 Å². The van der Waals surface area contributed by atoms with E-state index < -0.39 is 0 Å². The van der Waals surface area contributed by atoms with Crippen LogP contribution in [0.3, 0.4) is 0 Å². The van der Waals surface area contributed by atoms with Crippen LogP contribution in [0.25, 0.3) is 0 Å². The summed E-state index contributed by atoms with van der Waals surface area (Å²) in [6, 6.07) is 0. The summed E-state index contributed by atoms with van der Waals surface area (Å²) >= 11 is 0. The van der Waals surface area contributed by atoms with Gasteiger partial charge in [-0.1, -0.05) is 12.8 Å². The SMILES string of the molecule is CNc1nc(C)nc2c1CCCCCC2. The average molecular weight is 205 g/mol. The van der Waals surface area contributed by atoms with Crippen molar-refractivity contribution in [3.05, 3.63) is 17.1 Å². The van der Waals surface area contributed by atoms with Crippen molar-refractivity contribution < 1.29 is 0 Å². The number of fused-ring (bicyclic) bond motifs is 1. The first-order valence-electron chi connectivity index (χ1n) is 5.85. The van der Waals surface area contributed by atoms with Gasteiger partial charge in [0.05, 0.1) is 0 Å². The summed E-state index contributed by atoms with van der Waals surface area (Å²) < 4.78 is 0. The highest BCUT2D eigenvalue weighted by Gasteiger charge is 2.13. The van der Waals surface area contributed by atoms with Crippen LogP contribution in [0.2, 0.25) is 0 Å². The Bertz CT molecular complexity index is 347. The Balaban J connectivity index is 2.40. The fourth-order valence-electron chi connectivity index (χ4n) is 2.28. The van der Waals surface area contributed by atoms with Crippen LogP contribution in [0, 0.1) is 6.92 Å². The van der Waals surface area contributed by atoms with Crippen LogP contribution in [0.5, 0.6) is 0 Å². The van der Waals surface area contributed by atoms with Crippen LogP contribution in [0.4, 0.5) is 5.82 Å². The van der Waals surface area contributed by atoms with Crippen molar-refractivity contribution in [3.8, 4) is 0 Å². The van der Waals surface area contributed by atoms with E-state index in [-0.39, 0.29) is 0 Å². The lowest BCUT2D eigenvalue weighted by molar-refractivity contribution is 0.605. The van der Waals surface area contributed by atoms with E-state index in [2.05, 4.69) is 15.3 Å². The summed E-state index contributed by atoms with van der Waals surface area (Å²) in [6.45, 7) is 1.97. The summed E-state index contributed by atoms with van der Waals surface area (Å²) in [5.41, 5.74) is 2.62. The highest BCUT2D eigenvalue weighted by atomic mass is 15.0. The number of rotatable bonds is 1. The van der Waals surface area contributed by atoms with Crippen LogP contribution in [-0.4, -0.2) is 17.0 Å². The molecule has 0 spiro atoms. The molecule has 1 aromatic heterocycles. The molecule has 2 rings (SSSR count). The molecule has 0 amide bonds. The lowest BCUT2D eigenvalue weighted by atomic mass is 9.97. The minimum Gasteiger partial charge on any atom is -0.373 e. The molecule has 3 heteroatoms. The van der Waals surface area contributed by atoms with Gasteiger partial charge in [-0.05, 0) is 32.6 Å². The molecule has 0 fully saturated rings.